The molecule has 9 nitrogen and oxygen atoms in total. The first-order valence-electron chi connectivity index (χ1n) is 8.13. The first kappa shape index (κ1) is 18.0. The molecule has 2 heterocycles. The molecule has 10 heteroatoms. The fraction of sp³-hybridized carbons (Fsp3) is 0.111. The van der Waals surface area contributed by atoms with Crippen LogP contribution in [-0.4, -0.2) is 37.8 Å². The topological polar surface area (TPSA) is 127 Å². The van der Waals surface area contributed by atoms with Gasteiger partial charge in [0, 0.05) is 0 Å². The van der Waals surface area contributed by atoms with Crippen molar-refractivity contribution in [3.63, 3.8) is 0 Å². The molecule has 28 heavy (non-hydrogen) atoms. The summed E-state index contributed by atoms with van der Waals surface area (Å²) in [6.45, 7) is 0.0142. The number of hydrogen-bond acceptors (Lipinski definition) is 7. The number of nitrogens with one attached hydrogen (secondary N) is 1. The molecule has 0 aliphatic carbocycles. The highest BCUT2D eigenvalue weighted by Gasteiger charge is 2.27. The van der Waals surface area contributed by atoms with E-state index in [-0.39, 0.29) is 12.4 Å². The summed E-state index contributed by atoms with van der Waals surface area (Å²) >= 11 is 0. The molecule has 0 fully saturated rings. The van der Waals surface area contributed by atoms with Crippen molar-refractivity contribution in [2.75, 3.05) is 6.61 Å². The molecule has 0 saturated heterocycles. The summed E-state index contributed by atoms with van der Waals surface area (Å²) in [4.78, 5) is 12.2. The van der Waals surface area contributed by atoms with E-state index in [1.54, 1.807) is 6.07 Å². The smallest absolute Gasteiger partial charge is 0.328 e. The number of furan rings is 1. The van der Waals surface area contributed by atoms with Gasteiger partial charge >= 0.3 is 10.1 Å². The van der Waals surface area contributed by atoms with Crippen LogP contribution in [0.3, 0.4) is 0 Å². The Balaban J connectivity index is 1.42. The van der Waals surface area contributed by atoms with E-state index < -0.39 is 27.2 Å². The fourth-order valence-electron chi connectivity index (χ4n) is 2.66. The van der Waals surface area contributed by atoms with E-state index in [9.17, 15) is 13.2 Å². The van der Waals surface area contributed by atoms with E-state index >= 15 is 0 Å². The van der Waals surface area contributed by atoms with Gasteiger partial charge in [-0.15, -0.1) is 0 Å². The quantitative estimate of drug-likeness (QED) is 0.388. The molecule has 4 rings (SSSR count). The maximum absolute atomic E-state index is 12.2. The Morgan fingerprint density at radius 2 is 1.86 bits per heavy atom. The van der Waals surface area contributed by atoms with Crippen LogP contribution < -0.4 is 14.9 Å². The second-order valence-corrected chi connectivity index (χ2v) is 7.28. The van der Waals surface area contributed by atoms with Crippen molar-refractivity contribution in [1.82, 2.24) is 5.43 Å². The normalized spacial score (nSPS) is 16.4. The van der Waals surface area contributed by atoms with Crippen molar-refractivity contribution < 1.29 is 31.7 Å². The highest BCUT2D eigenvalue weighted by atomic mass is 32.2. The number of ether oxygens (including phenoxy) is 2. The van der Waals surface area contributed by atoms with E-state index in [0.29, 0.717) is 11.5 Å². The van der Waals surface area contributed by atoms with E-state index in [1.165, 1.54) is 6.07 Å². The predicted octanol–water partition coefficient (Wildman–Crippen LogP) is 1.97. The molecule has 1 aliphatic rings. The molecular weight excluding hydrogens is 388 g/mol. The van der Waals surface area contributed by atoms with Crippen LogP contribution in [0.25, 0.3) is 10.8 Å². The van der Waals surface area contributed by atoms with Crippen LogP contribution in [0.1, 0.15) is 5.76 Å². The lowest BCUT2D eigenvalue weighted by atomic mass is 10.1. The average molecular weight is 402 g/mol. The van der Waals surface area contributed by atoms with Gasteiger partial charge in [0.1, 0.15) is 12.4 Å². The van der Waals surface area contributed by atoms with Gasteiger partial charge < -0.3 is 13.9 Å². The van der Waals surface area contributed by atoms with E-state index in [1.807, 2.05) is 30.3 Å². The molecule has 1 aromatic heterocycles. The Bertz CT molecular complexity index is 1180. The molecule has 0 radical (unpaired) electrons. The van der Waals surface area contributed by atoms with E-state index in [2.05, 4.69) is 10.5 Å². The first-order valence-corrected chi connectivity index (χ1v) is 9.57. The van der Waals surface area contributed by atoms with Gasteiger partial charge in [-0.05, 0) is 35.0 Å². The molecule has 1 aliphatic heterocycles. The van der Waals surface area contributed by atoms with Crippen LogP contribution in [-0.2, 0) is 14.9 Å². The Labute approximate surface area is 159 Å². The second kappa shape index (κ2) is 6.98. The monoisotopic (exact) mass is 402 g/mol. The van der Waals surface area contributed by atoms with Crippen molar-refractivity contribution in [3.05, 3.63) is 54.3 Å². The zero-order valence-corrected chi connectivity index (χ0v) is 15.0. The zero-order chi connectivity index (χ0) is 19.7. The summed E-state index contributed by atoms with van der Waals surface area (Å²) in [6, 6.07) is 13.7. The summed E-state index contributed by atoms with van der Waals surface area (Å²) in [5.41, 5.74) is 2.27. The molecule has 3 aromatic rings. The summed E-state index contributed by atoms with van der Waals surface area (Å²) in [5, 5.41) is 5.03. The molecule has 2 aromatic carbocycles. The third-order valence-electron chi connectivity index (χ3n) is 3.99. The van der Waals surface area contributed by atoms with Crippen molar-refractivity contribution in [1.29, 1.82) is 0 Å². The fourth-order valence-corrected chi connectivity index (χ4v) is 3.10. The van der Waals surface area contributed by atoms with Gasteiger partial charge in [-0.1, -0.05) is 24.3 Å². The van der Waals surface area contributed by atoms with Gasteiger partial charge in [-0.3, -0.25) is 9.35 Å². The van der Waals surface area contributed by atoms with Crippen molar-refractivity contribution in [3.8, 4) is 11.5 Å². The highest BCUT2D eigenvalue weighted by Crippen LogP contribution is 2.35. The first-order chi connectivity index (χ1) is 13.4. The van der Waals surface area contributed by atoms with Crippen molar-refractivity contribution in [2.45, 2.75) is 11.2 Å². The van der Waals surface area contributed by atoms with Gasteiger partial charge in [0.2, 0.25) is 11.2 Å². The number of rotatable bonds is 4. The third-order valence-corrected chi connectivity index (χ3v) is 4.71. The van der Waals surface area contributed by atoms with Gasteiger partial charge in [-0.2, -0.15) is 13.5 Å². The number of hydrogen-bond donors (Lipinski definition) is 2. The van der Waals surface area contributed by atoms with Crippen molar-refractivity contribution in [2.24, 2.45) is 5.10 Å². The predicted molar refractivity (Wildman–Crippen MR) is 98.1 cm³/mol. The standard InChI is InChI=1S/C18H14N2O7S/c21-18(20-19-9-13-5-6-17(26-13)28(22,23)24)16-10-25-14-7-11-3-1-2-4-12(11)8-15(14)27-16/h1-9,16H,10H2,(H,20,21)(H,22,23,24)/b19-9-/t16-/m1/s1. The molecular formula is C18H14N2O7S. The lowest BCUT2D eigenvalue weighted by Crippen LogP contribution is -2.42. The maximum Gasteiger partial charge on any atom is 0.328 e. The van der Waals surface area contributed by atoms with Gasteiger partial charge in [0.25, 0.3) is 5.91 Å². The maximum atomic E-state index is 12.2. The Kier molecular flexibility index (Phi) is 4.49. The minimum absolute atomic E-state index is 0.0142. The third kappa shape index (κ3) is 3.68. The molecule has 0 bridgehead atoms. The number of carbonyl (C=O) groups is 1. The molecule has 0 spiro atoms. The Morgan fingerprint density at radius 3 is 2.54 bits per heavy atom. The summed E-state index contributed by atoms with van der Waals surface area (Å²) in [6.07, 6.45) is 0.188. The summed E-state index contributed by atoms with van der Waals surface area (Å²) in [7, 11) is -4.44. The SMILES string of the molecule is O=C(N/N=C\c1ccc(S(=O)(=O)O)o1)[C@H]1COc2cc3ccccc3cc2O1. The van der Waals surface area contributed by atoms with Crippen molar-refractivity contribution >= 4 is 33.0 Å². The van der Waals surface area contributed by atoms with Gasteiger partial charge in [0.15, 0.2) is 11.5 Å². The number of amides is 1. The van der Waals surface area contributed by atoms with Crippen LogP contribution >= 0.6 is 0 Å². The minimum atomic E-state index is -4.44. The number of hydrazone groups is 1. The molecule has 144 valence electrons. The van der Waals surface area contributed by atoms with Crippen LogP contribution in [0.15, 0.2) is 63.1 Å². The average Bonchev–Trinajstić information content (AvgIpc) is 3.15. The number of fused-ring (bicyclic) bond motifs is 2. The molecule has 2 N–H and O–H groups in total. The largest absolute Gasteiger partial charge is 0.485 e. The Hall–Kier alpha value is -3.37. The number of carbonyl (C=O) groups excluding carboxylic acids is 1. The van der Waals surface area contributed by atoms with Gasteiger partial charge in [0.05, 0.1) is 6.21 Å². The second-order valence-electron chi connectivity index (χ2n) is 5.93. The van der Waals surface area contributed by atoms with Crippen LogP contribution in [0.4, 0.5) is 0 Å². The number of benzene rings is 2. The highest BCUT2D eigenvalue weighted by molar-refractivity contribution is 7.85. The lowest BCUT2D eigenvalue weighted by molar-refractivity contribution is -0.130. The van der Waals surface area contributed by atoms with E-state index in [4.69, 9.17) is 18.4 Å². The molecule has 0 unspecified atom stereocenters. The summed E-state index contributed by atoms with van der Waals surface area (Å²) in [5.74, 6) is 0.500. The zero-order valence-electron chi connectivity index (χ0n) is 14.2. The Morgan fingerprint density at radius 1 is 1.14 bits per heavy atom. The van der Waals surface area contributed by atoms with Crippen LogP contribution in [0.2, 0.25) is 0 Å². The number of nitrogens with zero attached hydrogens (tertiary/aromatic N) is 1. The minimum Gasteiger partial charge on any atom is -0.485 e. The molecule has 1 atom stereocenters. The lowest BCUT2D eigenvalue weighted by Gasteiger charge is -2.25. The van der Waals surface area contributed by atoms with Crippen LogP contribution in [0, 0.1) is 0 Å². The molecule has 1 amide bonds. The summed E-state index contributed by atoms with van der Waals surface area (Å²) < 4.78 is 46.9. The molecule has 0 saturated carbocycles. The van der Waals surface area contributed by atoms with Gasteiger partial charge in [-0.25, -0.2) is 5.43 Å². The van der Waals surface area contributed by atoms with Crippen LogP contribution in [0.5, 0.6) is 11.5 Å². The van der Waals surface area contributed by atoms with E-state index in [0.717, 1.165) is 23.1 Å².